The monoisotopic (exact) mass is 514 g/mol. The Morgan fingerprint density at radius 3 is 1.98 bits per heavy atom. The van der Waals surface area contributed by atoms with Crippen molar-refractivity contribution in [2.45, 2.75) is 0 Å². The van der Waals surface area contributed by atoms with E-state index in [4.69, 9.17) is 9.40 Å². The molecule has 0 saturated heterocycles. The molecule has 0 amide bonds. The summed E-state index contributed by atoms with van der Waals surface area (Å²) < 4.78 is 8.24. The van der Waals surface area contributed by atoms with Gasteiger partial charge in [-0.25, -0.2) is 4.98 Å². The van der Waals surface area contributed by atoms with E-state index in [9.17, 15) is 0 Å². The molecule has 5 heterocycles. The first kappa shape index (κ1) is 22.4. The third kappa shape index (κ3) is 3.60. The summed E-state index contributed by atoms with van der Waals surface area (Å²) >= 11 is 0. The van der Waals surface area contributed by atoms with E-state index >= 15 is 0 Å². The van der Waals surface area contributed by atoms with Gasteiger partial charge in [0, 0.05) is 52.4 Å². The number of para-hydroxylation sites is 1. The van der Waals surface area contributed by atoms with Gasteiger partial charge in [0.15, 0.2) is 0 Å². The molecule has 8 aromatic rings. The number of rotatable bonds is 4. The number of hydrogen-bond acceptors (Lipinski definition) is 4. The fraction of sp³-hybridized carbons (Fsp3) is 0. The zero-order valence-corrected chi connectivity index (χ0v) is 21.4. The van der Waals surface area contributed by atoms with E-state index in [0.717, 1.165) is 66.7 Å². The second-order valence-electron chi connectivity index (χ2n) is 9.80. The van der Waals surface area contributed by atoms with Crippen LogP contribution in [-0.2, 0) is 0 Å². The Kier molecular flexibility index (Phi) is 5.07. The maximum Gasteiger partial charge on any atom is 0.143 e. The summed E-state index contributed by atoms with van der Waals surface area (Å²) in [4.78, 5) is 13.4. The number of nitrogens with zero attached hydrogens (tertiary/aromatic N) is 4. The Hall–Kier alpha value is -5.55. The largest absolute Gasteiger partial charge is 0.464 e. The molecule has 0 aliphatic rings. The zero-order chi connectivity index (χ0) is 26.5. The lowest BCUT2D eigenvalue weighted by molar-refractivity contribution is 0.619. The Morgan fingerprint density at radius 2 is 1.23 bits per heavy atom. The van der Waals surface area contributed by atoms with Crippen LogP contribution in [0, 0.1) is 0 Å². The Bertz CT molecular complexity index is 2090. The van der Waals surface area contributed by atoms with Crippen molar-refractivity contribution in [3.63, 3.8) is 0 Å². The van der Waals surface area contributed by atoms with Gasteiger partial charge in [-0.15, -0.1) is 0 Å². The molecular weight excluding hydrogens is 492 g/mol. The molecule has 8 rings (SSSR count). The molecule has 3 aromatic carbocycles. The molecule has 5 aromatic heterocycles. The number of benzene rings is 3. The van der Waals surface area contributed by atoms with Crippen LogP contribution >= 0.6 is 0 Å². The van der Waals surface area contributed by atoms with Gasteiger partial charge < -0.3 is 8.98 Å². The number of furan rings is 1. The Morgan fingerprint density at radius 1 is 0.550 bits per heavy atom. The lowest BCUT2D eigenvalue weighted by Crippen LogP contribution is -1.95. The lowest BCUT2D eigenvalue weighted by atomic mass is 10.0. The van der Waals surface area contributed by atoms with Crippen molar-refractivity contribution in [1.82, 2.24) is 19.5 Å². The van der Waals surface area contributed by atoms with Gasteiger partial charge in [0.1, 0.15) is 5.58 Å². The first-order valence-corrected chi connectivity index (χ1v) is 13.2. The molecule has 0 bridgehead atoms. The van der Waals surface area contributed by atoms with Gasteiger partial charge >= 0.3 is 0 Å². The van der Waals surface area contributed by atoms with Crippen molar-refractivity contribution in [2.75, 3.05) is 0 Å². The zero-order valence-electron chi connectivity index (χ0n) is 21.4. The smallest absolute Gasteiger partial charge is 0.143 e. The summed E-state index contributed by atoms with van der Waals surface area (Å²) in [5, 5.41) is 3.42. The van der Waals surface area contributed by atoms with Crippen LogP contribution in [0.2, 0.25) is 0 Å². The van der Waals surface area contributed by atoms with Crippen LogP contribution in [-0.4, -0.2) is 19.5 Å². The maximum atomic E-state index is 5.93. The second kappa shape index (κ2) is 9.03. The minimum absolute atomic E-state index is 0.903. The van der Waals surface area contributed by atoms with Crippen molar-refractivity contribution in [1.29, 1.82) is 0 Å². The molecule has 5 heteroatoms. The average Bonchev–Trinajstić information content (AvgIpc) is 3.64. The highest BCUT2D eigenvalue weighted by atomic mass is 16.3. The van der Waals surface area contributed by atoms with Crippen molar-refractivity contribution >= 4 is 32.8 Å². The number of hydrogen-bond donors (Lipinski definition) is 0. The predicted molar refractivity (Wildman–Crippen MR) is 160 cm³/mol. The maximum absolute atomic E-state index is 5.93. The molecule has 40 heavy (non-hydrogen) atoms. The van der Waals surface area contributed by atoms with Crippen LogP contribution in [0.4, 0.5) is 0 Å². The van der Waals surface area contributed by atoms with Crippen LogP contribution in [0.25, 0.3) is 72.1 Å². The van der Waals surface area contributed by atoms with E-state index in [-0.39, 0.29) is 0 Å². The second-order valence-corrected chi connectivity index (χ2v) is 9.80. The molecule has 0 atom stereocenters. The molecule has 5 nitrogen and oxygen atoms in total. The van der Waals surface area contributed by atoms with E-state index in [1.165, 1.54) is 5.39 Å². The normalized spacial score (nSPS) is 11.5. The topological polar surface area (TPSA) is 56.7 Å². The molecule has 188 valence electrons. The molecular formula is C35H22N4O. The number of aromatic nitrogens is 4. The summed E-state index contributed by atoms with van der Waals surface area (Å²) in [6.45, 7) is 0. The molecule has 0 aliphatic heterocycles. The molecule has 0 saturated carbocycles. The van der Waals surface area contributed by atoms with Crippen LogP contribution in [0.5, 0.6) is 0 Å². The molecule has 0 N–H and O–H groups in total. The summed E-state index contributed by atoms with van der Waals surface area (Å²) in [5.41, 5.74) is 10.3. The highest BCUT2D eigenvalue weighted by Crippen LogP contribution is 2.37. The van der Waals surface area contributed by atoms with Gasteiger partial charge in [0.05, 0.1) is 34.1 Å². The molecule has 0 spiro atoms. The quantitative estimate of drug-likeness (QED) is 0.236. The highest BCUT2D eigenvalue weighted by molar-refractivity contribution is 6.19. The van der Waals surface area contributed by atoms with E-state index in [2.05, 4.69) is 87.3 Å². The van der Waals surface area contributed by atoms with E-state index in [0.29, 0.717) is 0 Å². The predicted octanol–water partition coefficient (Wildman–Crippen LogP) is 8.72. The Balaban J connectivity index is 1.28. The van der Waals surface area contributed by atoms with Gasteiger partial charge in [0.2, 0.25) is 0 Å². The van der Waals surface area contributed by atoms with Gasteiger partial charge in [0.25, 0.3) is 0 Å². The minimum atomic E-state index is 0.903. The van der Waals surface area contributed by atoms with E-state index in [1.807, 2.05) is 42.7 Å². The summed E-state index contributed by atoms with van der Waals surface area (Å²) in [6, 6.07) is 35.7. The van der Waals surface area contributed by atoms with Crippen molar-refractivity contribution in [2.24, 2.45) is 0 Å². The van der Waals surface area contributed by atoms with Crippen molar-refractivity contribution in [3.8, 4) is 39.3 Å². The number of fused-ring (bicyclic) bond motifs is 5. The standard InChI is InChI=1S/C35H22N4O/c1-2-4-32-29(3-1)34-33(10-7-26-15-20-40-35(26)34)39(32)28-8-5-24(6-9-28)30-21-27(23-11-16-36-17-12-23)22-31(38-30)25-13-18-37-19-14-25/h1-22H. The van der Waals surface area contributed by atoms with Gasteiger partial charge in [-0.2, -0.15) is 0 Å². The molecule has 0 radical (unpaired) electrons. The first-order chi connectivity index (χ1) is 19.8. The van der Waals surface area contributed by atoms with E-state index < -0.39 is 0 Å². The van der Waals surface area contributed by atoms with Crippen molar-refractivity contribution < 1.29 is 4.42 Å². The molecule has 0 aliphatic carbocycles. The van der Waals surface area contributed by atoms with E-state index in [1.54, 1.807) is 18.7 Å². The van der Waals surface area contributed by atoms with Crippen LogP contribution in [0.1, 0.15) is 0 Å². The Labute approximate surface area is 230 Å². The summed E-state index contributed by atoms with van der Waals surface area (Å²) in [6.07, 6.45) is 9.00. The van der Waals surface area contributed by atoms with Gasteiger partial charge in [-0.05, 0) is 83.9 Å². The fourth-order valence-corrected chi connectivity index (χ4v) is 5.60. The lowest BCUT2D eigenvalue weighted by Gasteiger charge is -2.12. The SMILES string of the molecule is c1ccc2c(c1)c1c3occc3ccc1n2-c1ccc(-c2cc(-c3ccncc3)cc(-c3ccncc3)n2)cc1. The third-order valence-corrected chi connectivity index (χ3v) is 7.49. The average molecular weight is 515 g/mol. The molecule has 0 unspecified atom stereocenters. The fourth-order valence-electron chi connectivity index (χ4n) is 5.60. The highest BCUT2D eigenvalue weighted by Gasteiger charge is 2.16. The molecule has 0 fully saturated rings. The summed E-state index contributed by atoms with van der Waals surface area (Å²) in [7, 11) is 0. The van der Waals surface area contributed by atoms with Gasteiger partial charge in [-0.3, -0.25) is 9.97 Å². The van der Waals surface area contributed by atoms with Crippen LogP contribution in [0.15, 0.2) is 139 Å². The van der Waals surface area contributed by atoms with Crippen LogP contribution < -0.4 is 0 Å². The van der Waals surface area contributed by atoms with Crippen LogP contribution in [0.3, 0.4) is 0 Å². The third-order valence-electron chi connectivity index (χ3n) is 7.49. The van der Waals surface area contributed by atoms with Crippen molar-refractivity contribution in [3.05, 3.63) is 134 Å². The first-order valence-electron chi connectivity index (χ1n) is 13.2. The minimum Gasteiger partial charge on any atom is -0.464 e. The summed E-state index contributed by atoms with van der Waals surface area (Å²) in [5.74, 6) is 0. The number of pyridine rings is 3. The van der Waals surface area contributed by atoms with Gasteiger partial charge in [-0.1, -0.05) is 30.3 Å².